The van der Waals surface area contributed by atoms with Gasteiger partial charge in [-0.05, 0) is 55.3 Å². The summed E-state index contributed by atoms with van der Waals surface area (Å²) in [5.41, 5.74) is 2.74. The van der Waals surface area contributed by atoms with E-state index in [0.717, 1.165) is 11.1 Å². The van der Waals surface area contributed by atoms with Crippen LogP contribution in [0.2, 0.25) is 0 Å². The number of ether oxygens (including phenoxy) is 1. The molecular weight excluding hydrogens is 356 g/mol. The van der Waals surface area contributed by atoms with E-state index in [2.05, 4.69) is 0 Å². The van der Waals surface area contributed by atoms with Gasteiger partial charge in [0.1, 0.15) is 5.58 Å². The summed E-state index contributed by atoms with van der Waals surface area (Å²) in [6, 6.07) is 15.7. The average Bonchev–Trinajstić information content (AvgIpc) is 3.23. The zero-order chi connectivity index (χ0) is 19.7. The minimum Gasteiger partial charge on any atom is -0.478 e. The monoisotopic (exact) mass is 374 g/mol. The number of Topliss-reactive ketones (excluding diaryl/α,β-unsaturated/α-hetero) is 1. The average molecular weight is 374 g/mol. The lowest BCUT2D eigenvalue weighted by Crippen LogP contribution is -2.17. The number of ketones is 1. The molecule has 5 heteroatoms. The zero-order valence-corrected chi connectivity index (χ0v) is 15.5. The molecule has 4 aromatic rings. The van der Waals surface area contributed by atoms with Crippen molar-refractivity contribution in [2.24, 2.45) is 0 Å². The molecule has 0 spiro atoms. The molecule has 0 atom stereocenters. The molecule has 0 aliphatic rings. The van der Waals surface area contributed by atoms with Crippen molar-refractivity contribution < 1.29 is 18.4 Å². The second-order valence-corrected chi connectivity index (χ2v) is 6.57. The molecule has 4 rings (SSSR count). The molecule has 2 heterocycles. The Morgan fingerprint density at radius 1 is 1.00 bits per heavy atom. The lowest BCUT2D eigenvalue weighted by atomic mass is 10.0. The van der Waals surface area contributed by atoms with Crippen molar-refractivity contribution in [3.05, 3.63) is 87.8 Å². The normalized spacial score (nSPS) is 10.9. The van der Waals surface area contributed by atoms with Gasteiger partial charge in [-0.2, -0.15) is 0 Å². The van der Waals surface area contributed by atoms with Crippen LogP contribution >= 0.6 is 0 Å². The van der Waals surface area contributed by atoms with Crippen LogP contribution in [0.25, 0.3) is 22.5 Å². The third-order valence-electron chi connectivity index (χ3n) is 4.68. The van der Waals surface area contributed by atoms with E-state index in [-0.39, 0.29) is 29.3 Å². The maximum atomic E-state index is 13.0. The van der Waals surface area contributed by atoms with Crippen molar-refractivity contribution in [1.29, 1.82) is 0 Å². The summed E-state index contributed by atoms with van der Waals surface area (Å²) in [7, 11) is 0. The van der Waals surface area contributed by atoms with E-state index in [0.29, 0.717) is 22.3 Å². The molecule has 5 nitrogen and oxygen atoms in total. The van der Waals surface area contributed by atoms with E-state index in [1.807, 2.05) is 26.0 Å². The van der Waals surface area contributed by atoms with Gasteiger partial charge in [0.05, 0.1) is 11.6 Å². The summed E-state index contributed by atoms with van der Waals surface area (Å²) in [6.07, 6.45) is 1.48. The van der Waals surface area contributed by atoms with Crippen molar-refractivity contribution in [1.82, 2.24) is 0 Å². The number of fused-ring (bicyclic) bond motifs is 1. The van der Waals surface area contributed by atoms with Crippen molar-refractivity contribution in [2.45, 2.75) is 13.8 Å². The molecule has 0 amide bonds. The van der Waals surface area contributed by atoms with Gasteiger partial charge in [-0.25, -0.2) is 0 Å². The van der Waals surface area contributed by atoms with E-state index in [9.17, 15) is 9.59 Å². The summed E-state index contributed by atoms with van der Waals surface area (Å²) < 4.78 is 16.9. The van der Waals surface area contributed by atoms with Gasteiger partial charge >= 0.3 is 0 Å². The molecule has 0 radical (unpaired) electrons. The van der Waals surface area contributed by atoms with Gasteiger partial charge < -0.3 is 13.6 Å². The largest absolute Gasteiger partial charge is 0.478 e. The van der Waals surface area contributed by atoms with E-state index >= 15 is 0 Å². The van der Waals surface area contributed by atoms with Crippen molar-refractivity contribution in [3.63, 3.8) is 0 Å². The van der Waals surface area contributed by atoms with Crippen LogP contribution in [-0.4, -0.2) is 12.4 Å². The highest BCUT2D eigenvalue weighted by Gasteiger charge is 2.20. The topological polar surface area (TPSA) is 69.7 Å². The fourth-order valence-electron chi connectivity index (χ4n) is 2.96. The Labute approximate surface area is 161 Å². The number of aryl methyl sites for hydroxylation is 2. The number of carbonyl (C=O) groups excluding carboxylic acids is 1. The quantitative estimate of drug-likeness (QED) is 0.463. The number of carbonyl (C=O) groups is 1. The third kappa shape index (κ3) is 3.22. The molecule has 2 aromatic carbocycles. The van der Waals surface area contributed by atoms with Crippen LogP contribution in [0, 0.1) is 13.8 Å². The Balaban J connectivity index is 1.72. The molecule has 28 heavy (non-hydrogen) atoms. The van der Waals surface area contributed by atoms with Gasteiger partial charge in [0.25, 0.3) is 0 Å². The van der Waals surface area contributed by atoms with Crippen molar-refractivity contribution >= 4 is 16.8 Å². The summed E-state index contributed by atoms with van der Waals surface area (Å²) in [5, 5.41) is 0.381. The first-order valence-corrected chi connectivity index (χ1v) is 8.87. The Morgan fingerprint density at radius 3 is 2.57 bits per heavy atom. The molecule has 0 bridgehead atoms. The summed E-state index contributed by atoms with van der Waals surface area (Å²) in [6.45, 7) is 3.65. The second-order valence-electron chi connectivity index (χ2n) is 6.57. The zero-order valence-electron chi connectivity index (χ0n) is 15.5. The van der Waals surface area contributed by atoms with Crippen LogP contribution in [-0.2, 0) is 0 Å². The van der Waals surface area contributed by atoms with Gasteiger partial charge in [0.2, 0.25) is 16.9 Å². The molecule has 0 unspecified atom stereocenters. The molecule has 0 aliphatic heterocycles. The highest BCUT2D eigenvalue weighted by atomic mass is 16.5. The van der Waals surface area contributed by atoms with Gasteiger partial charge in [-0.3, -0.25) is 9.59 Å². The number of rotatable bonds is 5. The Bertz CT molecular complexity index is 1220. The van der Waals surface area contributed by atoms with E-state index in [1.54, 1.807) is 42.5 Å². The molecular formula is C23H18O5. The van der Waals surface area contributed by atoms with Crippen molar-refractivity contribution in [3.8, 4) is 17.3 Å². The first-order valence-electron chi connectivity index (χ1n) is 8.87. The SMILES string of the molecule is Cc1ccc(C(=O)COc2c(-c3ccco3)oc3ccccc3c2=O)cc1C. The lowest BCUT2D eigenvalue weighted by Gasteiger charge is -2.10. The van der Waals surface area contributed by atoms with Crippen LogP contribution in [0.5, 0.6) is 5.75 Å². The fraction of sp³-hybridized carbons (Fsp3) is 0.130. The number of hydrogen-bond donors (Lipinski definition) is 0. The summed E-state index contributed by atoms with van der Waals surface area (Å²) >= 11 is 0. The number of furan rings is 1. The predicted molar refractivity (Wildman–Crippen MR) is 106 cm³/mol. The molecule has 140 valence electrons. The maximum Gasteiger partial charge on any atom is 0.235 e. The summed E-state index contributed by atoms with van der Waals surface area (Å²) in [4.78, 5) is 25.5. The first-order chi connectivity index (χ1) is 13.5. The van der Waals surface area contributed by atoms with E-state index < -0.39 is 0 Å². The number of para-hydroxylation sites is 1. The highest BCUT2D eigenvalue weighted by molar-refractivity contribution is 5.97. The molecule has 2 aromatic heterocycles. The minimum atomic E-state index is -0.346. The predicted octanol–water partition coefficient (Wildman–Crippen LogP) is 4.93. The van der Waals surface area contributed by atoms with Gasteiger partial charge in [0.15, 0.2) is 18.2 Å². The Kier molecular flexibility index (Phi) is 4.57. The number of benzene rings is 2. The number of hydrogen-bond acceptors (Lipinski definition) is 5. The van der Waals surface area contributed by atoms with Gasteiger partial charge in [0, 0.05) is 5.56 Å². The first kappa shape index (κ1) is 17.8. The van der Waals surface area contributed by atoms with Crippen LogP contribution in [0.15, 0.2) is 74.5 Å². The molecule has 0 saturated carbocycles. The molecule has 0 N–H and O–H groups in total. The Hall–Kier alpha value is -3.60. The molecule has 0 fully saturated rings. The second kappa shape index (κ2) is 7.19. The fourth-order valence-corrected chi connectivity index (χ4v) is 2.96. The maximum absolute atomic E-state index is 13.0. The van der Waals surface area contributed by atoms with E-state index in [4.69, 9.17) is 13.6 Å². The van der Waals surface area contributed by atoms with Gasteiger partial charge in [-0.15, -0.1) is 0 Å². The molecule has 0 saturated heterocycles. The Morgan fingerprint density at radius 2 is 1.82 bits per heavy atom. The van der Waals surface area contributed by atoms with Crippen LogP contribution in [0.3, 0.4) is 0 Å². The standard InChI is InChI=1S/C23H18O5/c1-14-9-10-16(12-15(14)2)18(24)13-27-23-21(25)17-6-3-4-7-19(17)28-22(23)20-8-5-11-26-20/h3-12H,13H2,1-2H3. The van der Waals surface area contributed by atoms with Crippen LogP contribution < -0.4 is 10.2 Å². The van der Waals surface area contributed by atoms with Crippen LogP contribution in [0.1, 0.15) is 21.5 Å². The smallest absolute Gasteiger partial charge is 0.235 e. The van der Waals surface area contributed by atoms with E-state index in [1.165, 1.54) is 6.26 Å². The summed E-state index contributed by atoms with van der Waals surface area (Å²) in [5.74, 6) is 0.268. The van der Waals surface area contributed by atoms with Crippen molar-refractivity contribution in [2.75, 3.05) is 6.61 Å². The highest BCUT2D eigenvalue weighted by Crippen LogP contribution is 2.31. The van der Waals surface area contributed by atoms with Gasteiger partial charge in [-0.1, -0.05) is 24.3 Å². The van der Waals surface area contributed by atoms with Crippen LogP contribution in [0.4, 0.5) is 0 Å². The minimum absolute atomic E-state index is 0.0363. The lowest BCUT2D eigenvalue weighted by molar-refractivity contribution is 0.0920. The third-order valence-corrected chi connectivity index (χ3v) is 4.68. The molecule has 0 aliphatic carbocycles.